The van der Waals surface area contributed by atoms with E-state index in [0.29, 0.717) is 0 Å². The third-order valence-corrected chi connectivity index (χ3v) is 59.1. The summed E-state index contributed by atoms with van der Waals surface area (Å²) in [4.78, 5) is 0. The van der Waals surface area contributed by atoms with Gasteiger partial charge in [0.05, 0.1) is 0 Å². The van der Waals surface area contributed by atoms with E-state index in [9.17, 15) is 0 Å². The van der Waals surface area contributed by atoms with Crippen LogP contribution in [0.3, 0.4) is 0 Å². The van der Waals surface area contributed by atoms with Crippen LogP contribution >= 0.6 is 105 Å². The molecule has 0 heterocycles. The molecular formula is HP13. The highest BCUT2D eigenvalue weighted by atomic mass is 33.3. The van der Waals surface area contributed by atoms with Gasteiger partial charge in [-0.2, -0.15) is 0 Å². The summed E-state index contributed by atoms with van der Waals surface area (Å²) < 4.78 is 0. The Morgan fingerprint density at radius 2 is 1.23 bits per heavy atom. The van der Waals surface area contributed by atoms with E-state index in [1.165, 1.54) is 0 Å². The van der Waals surface area contributed by atoms with Crippen LogP contribution in [0.5, 0.6) is 0 Å². The van der Waals surface area contributed by atoms with Crippen molar-refractivity contribution in [3.63, 3.8) is 0 Å². The van der Waals surface area contributed by atoms with Gasteiger partial charge in [0.1, 0.15) is 0 Å². The van der Waals surface area contributed by atoms with Crippen molar-refractivity contribution in [1.82, 2.24) is 0 Å². The summed E-state index contributed by atoms with van der Waals surface area (Å²) in [6, 6.07) is 0. The molecule has 0 aromatic carbocycles. The Labute approximate surface area is 105 Å². The maximum Gasteiger partial charge on any atom is -0.0000000000000161 e. The molecular weight excluding hydrogens is 403 g/mol. The molecule has 13 heteroatoms. The maximum absolute atomic E-state index is 4.58. The summed E-state index contributed by atoms with van der Waals surface area (Å²) in [7, 11) is 31.4. The van der Waals surface area contributed by atoms with E-state index in [1.54, 1.807) is 0 Å². The lowest BCUT2D eigenvalue weighted by molar-refractivity contribution is 4.65. The van der Waals surface area contributed by atoms with Crippen LogP contribution < -0.4 is 0 Å². The van der Waals surface area contributed by atoms with E-state index >= 15 is 0 Å². The van der Waals surface area contributed by atoms with E-state index in [4.69, 9.17) is 0 Å². The van der Waals surface area contributed by atoms with Crippen LogP contribution in [-0.4, -0.2) is 0 Å². The van der Waals surface area contributed by atoms with Crippen LogP contribution in [-0.2, 0) is 0 Å². The van der Waals surface area contributed by atoms with Crippen LogP contribution in [0.15, 0.2) is 0 Å². The monoisotopic (exact) mass is 404 g/mol. The minimum absolute atomic E-state index is 0.365. The molecule has 4 unspecified atom stereocenters. The van der Waals surface area contributed by atoms with Gasteiger partial charge in [0.25, 0.3) is 0 Å². The van der Waals surface area contributed by atoms with Gasteiger partial charge in [-0.25, -0.2) is 0 Å². The van der Waals surface area contributed by atoms with Crippen molar-refractivity contribution in [1.29, 1.82) is 0 Å². The normalized spacial score (nSPS) is 22.2. The van der Waals surface area contributed by atoms with Crippen LogP contribution in [0.4, 0.5) is 0 Å². The molecule has 0 aliphatic heterocycles. The first-order valence-corrected chi connectivity index (χ1v) is 21.8. The van der Waals surface area contributed by atoms with Gasteiger partial charge in [-0.3, -0.25) is 0 Å². The Morgan fingerprint density at radius 3 is 1.54 bits per heavy atom. The third kappa shape index (κ3) is 7.68. The number of hydrogen-bond acceptors (Lipinski definition) is 0. The summed E-state index contributed by atoms with van der Waals surface area (Å²) in [6.45, 7) is -2.26. The Balaban J connectivity index is 4.15. The number of rotatable bonds is 5. The van der Waals surface area contributed by atoms with Gasteiger partial charge in [-0.15, -0.1) is 0 Å². The molecule has 0 nitrogen and oxygen atoms in total. The molecule has 66 valence electrons. The van der Waals surface area contributed by atoms with Crippen molar-refractivity contribution < 1.29 is 0 Å². The highest BCUT2D eigenvalue weighted by Gasteiger charge is 2.28. The van der Waals surface area contributed by atoms with Gasteiger partial charge >= 0.3 is 0 Å². The van der Waals surface area contributed by atoms with Crippen molar-refractivity contribution in [2.75, 3.05) is 0 Å². The SMILES string of the molecule is [P]P([P])P([P])P([P])P([P])P([P])[P][PH]. The Bertz CT molecular complexity index is 126. The average Bonchev–Trinajstić information content (AvgIpc) is 2.12. The lowest BCUT2D eigenvalue weighted by Crippen LogP contribution is -1.41. The first-order chi connectivity index (χ1) is 5.91. The van der Waals surface area contributed by atoms with Crippen LogP contribution in [0.1, 0.15) is 0 Å². The molecule has 0 N–H and O–H groups in total. The summed E-state index contributed by atoms with van der Waals surface area (Å²) in [5.41, 5.74) is 0. The zero-order chi connectivity index (χ0) is 10.6. The molecule has 0 aromatic rings. The van der Waals surface area contributed by atoms with Crippen molar-refractivity contribution in [2.45, 2.75) is 0 Å². The third-order valence-electron chi connectivity index (χ3n) is 0.729. The fraction of sp³-hybridized carbons (Fsp3) is 0. The highest BCUT2D eigenvalue weighted by Crippen LogP contribution is 3.14. The fourth-order valence-electron chi connectivity index (χ4n) is 0.255. The van der Waals surface area contributed by atoms with Crippen LogP contribution in [0, 0.1) is 0 Å². The predicted molar refractivity (Wildman–Crippen MR) is 91.4 cm³/mol. The first-order valence-electron chi connectivity index (χ1n) is 2.42. The van der Waals surface area contributed by atoms with E-state index in [-0.39, 0.29) is 6.99 Å². The molecule has 14 radical (unpaired) electrons. The molecule has 0 bridgehead atoms. The van der Waals surface area contributed by atoms with Gasteiger partial charge in [-0.05, 0) is 96.5 Å². The lowest BCUT2D eigenvalue weighted by Gasteiger charge is -2.27. The minimum Gasteiger partial charge on any atom is -0.0581 e. The molecule has 0 amide bonds. The molecule has 0 fully saturated rings. The molecule has 0 aliphatic carbocycles. The zero-order valence-electron chi connectivity index (χ0n) is 5.87. The van der Waals surface area contributed by atoms with E-state index in [1.807, 2.05) is 0 Å². The number of hydrogen-bond donors (Lipinski definition) is 0. The van der Waals surface area contributed by atoms with Crippen LogP contribution in [0.25, 0.3) is 0 Å². The van der Waals surface area contributed by atoms with Gasteiger partial charge in [0.2, 0.25) is 0 Å². The van der Waals surface area contributed by atoms with E-state index in [2.05, 4.69) is 62.5 Å². The van der Waals surface area contributed by atoms with Gasteiger partial charge in [-0.1, -0.05) is 8.93 Å². The Kier molecular flexibility index (Phi) is 14.9. The Hall–Kier alpha value is 5.59. The minimum atomic E-state index is -0.568. The zero-order valence-corrected chi connectivity index (χ0v) is 17.6. The molecule has 0 aliphatic rings. The quantitative estimate of drug-likeness (QED) is 0.400. The second-order valence-corrected chi connectivity index (χ2v) is 38.9. The Morgan fingerprint density at radius 1 is 0.769 bits per heavy atom. The molecule has 13 heavy (non-hydrogen) atoms. The van der Waals surface area contributed by atoms with Crippen LogP contribution in [0.2, 0.25) is 0 Å². The van der Waals surface area contributed by atoms with E-state index < -0.39 is 27.9 Å². The molecule has 0 saturated heterocycles. The van der Waals surface area contributed by atoms with Crippen molar-refractivity contribution in [3.8, 4) is 0 Å². The van der Waals surface area contributed by atoms with E-state index in [0.717, 1.165) is 7.96 Å². The molecule has 0 saturated carbocycles. The van der Waals surface area contributed by atoms with Gasteiger partial charge < -0.3 is 0 Å². The molecule has 0 aromatic heterocycles. The van der Waals surface area contributed by atoms with Gasteiger partial charge in [0, 0.05) is 0 Å². The lowest BCUT2D eigenvalue weighted by atomic mass is 28.7. The standard InChI is InChI=1S/HP13/c1-8-10(4)12(6)13(7)11(5)9(2)3/h1H. The summed E-state index contributed by atoms with van der Waals surface area (Å²) in [5.74, 6) is 0. The molecule has 0 spiro atoms. The molecule has 0 rings (SSSR count). The second-order valence-electron chi connectivity index (χ2n) is 1.44. The second kappa shape index (κ2) is 10.4. The smallest absolute Gasteiger partial charge is 0.0000000000000161 e. The predicted octanol–water partition coefficient (Wildman–Crippen LogP) is 10.9. The summed E-state index contributed by atoms with van der Waals surface area (Å²) in [6.07, 6.45) is 0. The van der Waals surface area contributed by atoms with Crippen molar-refractivity contribution in [2.24, 2.45) is 0 Å². The average molecular weight is 404 g/mol. The maximum atomic E-state index is 4.58. The van der Waals surface area contributed by atoms with Crippen molar-refractivity contribution in [3.05, 3.63) is 0 Å². The topological polar surface area (TPSA) is 0 Å². The highest BCUT2D eigenvalue weighted by molar-refractivity contribution is 9.20. The summed E-state index contributed by atoms with van der Waals surface area (Å²) in [5, 5.41) is 0. The molecule has 4 atom stereocenters. The summed E-state index contributed by atoms with van der Waals surface area (Å²) >= 11 is 0. The fourth-order valence-corrected chi connectivity index (χ4v) is 61.9. The largest absolute Gasteiger partial charge is 0.0581 e. The van der Waals surface area contributed by atoms with Crippen molar-refractivity contribution >= 4 is 105 Å². The van der Waals surface area contributed by atoms with Gasteiger partial charge in [0.15, 0.2) is 0 Å². The first kappa shape index (κ1) is 18.6.